The van der Waals surface area contributed by atoms with E-state index in [4.69, 9.17) is 0 Å². The summed E-state index contributed by atoms with van der Waals surface area (Å²) >= 11 is 0. The molecule has 0 amide bonds. The first-order valence-electron chi connectivity index (χ1n) is 4.67. The molecule has 11 heavy (non-hydrogen) atoms. The maximum absolute atomic E-state index is 2.39. The monoisotopic (exact) mass is 151 g/mol. The van der Waals surface area contributed by atoms with E-state index < -0.39 is 0 Å². The zero-order chi connectivity index (χ0) is 7.84. The highest BCUT2D eigenvalue weighted by molar-refractivity contribution is 5.05. The average molecular weight is 151 g/mol. The van der Waals surface area contributed by atoms with E-state index in [-0.39, 0.29) is 0 Å². The Morgan fingerprint density at radius 1 is 1.36 bits per heavy atom. The van der Waals surface area contributed by atoms with Crippen LogP contribution < -0.4 is 0 Å². The molecule has 62 valence electrons. The molecule has 1 heteroatoms. The van der Waals surface area contributed by atoms with E-state index in [1.165, 1.54) is 19.3 Å². The van der Waals surface area contributed by atoms with Crippen molar-refractivity contribution in [2.45, 2.75) is 32.2 Å². The lowest BCUT2D eigenvalue weighted by Crippen LogP contribution is -2.33. The maximum atomic E-state index is 2.39. The van der Waals surface area contributed by atoms with Crippen molar-refractivity contribution >= 4 is 0 Å². The first-order chi connectivity index (χ1) is 5.27. The molecule has 0 aromatic heterocycles. The molecule has 0 aromatic rings. The summed E-state index contributed by atoms with van der Waals surface area (Å²) in [5, 5.41) is 0. The van der Waals surface area contributed by atoms with E-state index in [9.17, 15) is 0 Å². The average Bonchev–Trinajstić information content (AvgIpc) is 2.32. The van der Waals surface area contributed by atoms with Gasteiger partial charge in [-0.25, -0.2) is 0 Å². The molecule has 1 saturated carbocycles. The van der Waals surface area contributed by atoms with Crippen molar-refractivity contribution in [3.8, 4) is 0 Å². The molecule has 2 aliphatic rings. The lowest BCUT2D eigenvalue weighted by Gasteiger charge is -2.33. The van der Waals surface area contributed by atoms with Crippen LogP contribution in [0.1, 0.15) is 26.2 Å². The second-order valence-electron chi connectivity index (χ2n) is 4.16. The normalized spacial score (nSPS) is 42.7. The van der Waals surface area contributed by atoms with Crippen LogP contribution in [-0.2, 0) is 0 Å². The van der Waals surface area contributed by atoms with Crippen LogP contribution in [0.15, 0.2) is 12.3 Å². The Morgan fingerprint density at radius 2 is 2.18 bits per heavy atom. The summed E-state index contributed by atoms with van der Waals surface area (Å²) in [6.07, 6.45) is 8.88. The fourth-order valence-corrected chi connectivity index (χ4v) is 2.48. The van der Waals surface area contributed by atoms with Gasteiger partial charge in [-0.05, 0) is 37.3 Å². The van der Waals surface area contributed by atoms with Gasteiger partial charge in [-0.3, -0.25) is 0 Å². The van der Waals surface area contributed by atoms with Gasteiger partial charge in [-0.2, -0.15) is 0 Å². The minimum absolute atomic E-state index is 0.839. The lowest BCUT2D eigenvalue weighted by molar-refractivity contribution is 0.196. The van der Waals surface area contributed by atoms with Crippen LogP contribution in [0.4, 0.5) is 0 Å². The Morgan fingerprint density at radius 3 is 3.00 bits per heavy atom. The van der Waals surface area contributed by atoms with Gasteiger partial charge in [-0.15, -0.1) is 0 Å². The molecule has 0 saturated heterocycles. The van der Waals surface area contributed by atoms with Crippen LogP contribution in [0.5, 0.6) is 0 Å². The summed E-state index contributed by atoms with van der Waals surface area (Å²) in [5.74, 6) is 1.82. The zero-order valence-electron chi connectivity index (χ0n) is 7.46. The maximum Gasteiger partial charge on any atom is 0.0344 e. The first kappa shape index (κ1) is 7.20. The van der Waals surface area contributed by atoms with Gasteiger partial charge in [-0.1, -0.05) is 13.0 Å². The van der Waals surface area contributed by atoms with Crippen molar-refractivity contribution in [2.75, 3.05) is 7.05 Å². The molecule has 3 unspecified atom stereocenters. The minimum Gasteiger partial charge on any atom is -0.377 e. The molecule has 0 radical (unpaired) electrons. The summed E-state index contributed by atoms with van der Waals surface area (Å²) in [6, 6.07) is 0.839. The number of hydrogen-bond acceptors (Lipinski definition) is 1. The predicted octanol–water partition coefficient (Wildman–Crippen LogP) is 2.25. The fourth-order valence-electron chi connectivity index (χ4n) is 2.48. The third-order valence-corrected chi connectivity index (χ3v) is 3.22. The van der Waals surface area contributed by atoms with E-state index in [1.54, 1.807) is 0 Å². The molecule has 1 nitrogen and oxygen atoms in total. The second-order valence-corrected chi connectivity index (χ2v) is 4.16. The van der Waals surface area contributed by atoms with Crippen LogP contribution in [0.25, 0.3) is 0 Å². The number of fused-ring (bicyclic) bond motifs is 1. The molecule has 0 spiro atoms. The van der Waals surface area contributed by atoms with Crippen molar-refractivity contribution in [1.29, 1.82) is 0 Å². The zero-order valence-corrected chi connectivity index (χ0v) is 7.46. The van der Waals surface area contributed by atoms with Gasteiger partial charge in [0.05, 0.1) is 0 Å². The summed E-state index contributed by atoms with van der Waals surface area (Å²) in [7, 11) is 2.21. The third kappa shape index (κ3) is 1.17. The highest BCUT2D eigenvalue weighted by Gasteiger charge is 2.31. The molecule has 0 bridgehead atoms. The molecule has 0 N–H and O–H groups in total. The van der Waals surface area contributed by atoms with Crippen molar-refractivity contribution in [2.24, 2.45) is 11.8 Å². The van der Waals surface area contributed by atoms with E-state index in [0.29, 0.717) is 0 Å². The fraction of sp³-hybridized carbons (Fsp3) is 0.800. The molecule has 1 aliphatic carbocycles. The van der Waals surface area contributed by atoms with E-state index in [2.05, 4.69) is 31.1 Å². The molecule has 3 atom stereocenters. The number of hydrogen-bond donors (Lipinski definition) is 0. The topological polar surface area (TPSA) is 3.24 Å². The first-order valence-corrected chi connectivity index (χ1v) is 4.67. The molecule has 1 heterocycles. The van der Waals surface area contributed by atoms with Crippen molar-refractivity contribution in [3.05, 3.63) is 12.3 Å². The Hall–Kier alpha value is -0.460. The number of rotatable bonds is 0. The van der Waals surface area contributed by atoms with E-state index in [0.717, 1.165) is 17.9 Å². The predicted molar refractivity (Wildman–Crippen MR) is 47.2 cm³/mol. The van der Waals surface area contributed by atoms with Gasteiger partial charge in [0.1, 0.15) is 0 Å². The Kier molecular flexibility index (Phi) is 1.67. The quantitative estimate of drug-likeness (QED) is 0.513. The van der Waals surface area contributed by atoms with Crippen molar-refractivity contribution in [1.82, 2.24) is 4.90 Å². The Labute approximate surface area is 69.1 Å². The Balaban J connectivity index is 2.05. The van der Waals surface area contributed by atoms with Crippen LogP contribution in [-0.4, -0.2) is 18.0 Å². The summed E-state index contributed by atoms with van der Waals surface area (Å²) in [4.78, 5) is 2.39. The summed E-state index contributed by atoms with van der Waals surface area (Å²) in [6.45, 7) is 2.38. The standard InChI is InChI=1S/C10H17N/c1-8-3-4-10-9(7-8)5-6-11(10)2/h5-6,8-10H,3-4,7H2,1-2H3. The summed E-state index contributed by atoms with van der Waals surface area (Å²) in [5.41, 5.74) is 0. The molecular formula is C10H17N. The highest BCUT2D eigenvalue weighted by atomic mass is 15.1. The van der Waals surface area contributed by atoms with Gasteiger partial charge >= 0.3 is 0 Å². The molecule has 1 fully saturated rings. The van der Waals surface area contributed by atoms with Gasteiger partial charge in [0.15, 0.2) is 0 Å². The molecular weight excluding hydrogens is 134 g/mol. The highest BCUT2D eigenvalue weighted by Crippen LogP contribution is 2.35. The van der Waals surface area contributed by atoms with Crippen molar-refractivity contribution in [3.63, 3.8) is 0 Å². The molecule has 2 rings (SSSR count). The van der Waals surface area contributed by atoms with Crippen molar-refractivity contribution < 1.29 is 0 Å². The smallest absolute Gasteiger partial charge is 0.0344 e. The van der Waals surface area contributed by atoms with E-state index in [1.807, 2.05) is 0 Å². The summed E-state index contributed by atoms with van der Waals surface area (Å²) < 4.78 is 0. The van der Waals surface area contributed by atoms with Crippen LogP contribution in [0, 0.1) is 11.8 Å². The molecule has 0 aromatic carbocycles. The second kappa shape index (κ2) is 2.54. The SMILES string of the molecule is CC1CCC2C(C=CN2C)C1. The van der Waals surface area contributed by atoms with E-state index >= 15 is 0 Å². The molecule has 1 aliphatic heterocycles. The van der Waals surface area contributed by atoms with Gasteiger partial charge in [0.25, 0.3) is 0 Å². The largest absolute Gasteiger partial charge is 0.377 e. The van der Waals surface area contributed by atoms with Crippen LogP contribution in [0.2, 0.25) is 0 Å². The number of nitrogens with zero attached hydrogens (tertiary/aromatic N) is 1. The van der Waals surface area contributed by atoms with Gasteiger partial charge in [0.2, 0.25) is 0 Å². The van der Waals surface area contributed by atoms with Crippen LogP contribution >= 0.6 is 0 Å². The lowest BCUT2D eigenvalue weighted by atomic mass is 9.80. The minimum atomic E-state index is 0.839. The third-order valence-electron chi connectivity index (χ3n) is 3.22. The Bertz CT molecular complexity index is 174. The van der Waals surface area contributed by atoms with Crippen LogP contribution in [0.3, 0.4) is 0 Å². The van der Waals surface area contributed by atoms with Gasteiger partial charge in [0, 0.05) is 13.1 Å². The van der Waals surface area contributed by atoms with Gasteiger partial charge < -0.3 is 4.90 Å².